The maximum atomic E-state index is 13.7. The van der Waals surface area contributed by atoms with Gasteiger partial charge < -0.3 is 5.11 Å². The molecule has 5 rings (SSSR count). The molecule has 31 heavy (non-hydrogen) atoms. The number of rotatable bonds is 3. The van der Waals surface area contributed by atoms with E-state index in [0.29, 0.717) is 21.3 Å². The van der Waals surface area contributed by atoms with Crippen molar-refractivity contribution in [1.82, 2.24) is 4.98 Å². The largest absolute Gasteiger partial charge is 0.507 e. The highest BCUT2D eigenvalue weighted by atomic mass is 32.1. The molecule has 0 unspecified atom stereocenters. The normalized spacial score (nSPS) is 18.1. The van der Waals surface area contributed by atoms with Gasteiger partial charge in [-0.1, -0.05) is 72.0 Å². The van der Waals surface area contributed by atoms with Gasteiger partial charge in [0.25, 0.3) is 5.78 Å². The summed E-state index contributed by atoms with van der Waals surface area (Å²) in [7, 11) is 0. The van der Waals surface area contributed by atoms with Crippen LogP contribution in [-0.4, -0.2) is 21.8 Å². The molecule has 1 saturated heterocycles. The monoisotopic (exact) mass is 430 g/mol. The SMILES string of the molecule is O=C1C(=O)N(c2nc3ccc(F)cc3s2)[C@@H](c2ccccc2)C1=C(O)c1ccccc1. The Bertz CT molecular complexity index is 1350. The molecule has 7 heteroatoms. The van der Waals surface area contributed by atoms with Crippen LogP contribution in [0.1, 0.15) is 17.2 Å². The lowest BCUT2D eigenvalue weighted by atomic mass is 9.95. The molecule has 152 valence electrons. The third-order valence-electron chi connectivity index (χ3n) is 5.15. The Hall–Kier alpha value is -3.84. The number of ketones is 1. The lowest BCUT2D eigenvalue weighted by Crippen LogP contribution is -2.29. The van der Waals surface area contributed by atoms with Gasteiger partial charge >= 0.3 is 5.91 Å². The first-order chi connectivity index (χ1) is 15.0. The number of aliphatic hydroxyl groups excluding tert-OH is 1. The van der Waals surface area contributed by atoms with Crippen LogP contribution in [0.25, 0.3) is 16.0 Å². The minimum Gasteiger partial charge on any atom is -0.507 e. The van der Waals surface area contributed by atoms with Gasteiger partial charge in [-0.25, -0.2) is 9.37 Å². The van der Waals surface area contributed by atoms with Gasteiger partial charge in [0.1, 0.15) is 11.6 Å². The van der Waals surface area contributed by atoms with E-state index < -0.39 is 23.5 Å². The Labute approximate surface area is 180 Å². The molecule has 4 aromatic rings. The van der Waals surface area contributed by atoms with E-state index in [4.69, 9.17) is 0 Å². The summed E-state index contributed by atoms with van der Waals surface area (Å²) >= 11 is 1.12. The first-order valence-electron chi connectivity index (χ1n) is 9.52. The highest BCUT2D eigenvalue weighted by Gasteiger charge is 2.48. The summed E-state index contributed by atoms with van der Waals surface area (Å²) in [5.74, 6) is -2.23. The topological polar surface area (TPSA) is 70.5 Å². The van der Waals surface area contributed by atoms with Crippen LogP contribution in [0.2, 0.25) is 0 Å². The summed E-state index contributed by atoms with van der Waals surface area (Å²) < 4.78 is 14.2. The van der Waals surface area contributed by atoms with Crippen molar-refractivity contribution >= 4 is 44.1 Å². The van der Waals surface area contributed by atoms with E-state index in [1.807, 2.05) is 6.07 Å². The standard InChI is InChI=1S/C24H15FN2O3S/c25-16-11-12-17-18(13-16)31-24(26-17)27-20(14-7-3-1-4-8-14)19(22(29)23(27)30)21(28)15-9-5-2-6-10-15/h1-13,20,28H/t20-/m0/s1. The molecule has 1 amide bonds. The fourth-order valence-electron chi connectivity index (χ4n) is 3.72. The van der Waals surface area contributed by atoms with Gasteiger partial charge in [-0.15, -0.1) is 0 Å². The van der Waals surface area contributed by atoms with Crippen LogP contribution >= 0.6 is 11.3 Å². The summed E-state index contributed by atoms with van der Waals surface area (Å²) in [6.45, 7) is 0. The van der Waals surface area contributed by atoms with Crippen LogP contribution in [0, 0.1) is 5.82 Å². The third-order valence-corrected chi connectivity index (χ3v) is 6.17. The van der Waals surface area contributed by atoms with Gasteiger partial charge in [0.15, 0.2) is 5.13 Å². The molecule has 0 bridgehead atoms. The Morgan fingerprint density at radius 2 is 1.65 bits per heavy atom. The molecule has 1 fully saturated rings. The number of fused-ring (bicyclic) bond motifs is 1. The highest BCUT2D eigenvalue weighted by Crippen LogP contribution is 2.44. The fourth-order valence-corrected chi connectivity index (χ4v) is 4.74. The number of aliphatic hydroxyl groups is 1. The number of benzene rings is 3. The highest BCUT2D eigenvalue weighted by molar-refractivity contribution is 7.22. The molecule has 1 aliphatic rings. The number of nitrogens with zero attached hydrogens (tertiary/aromatic N) is 2. The number of carbonyl (C=O) groups excluding carboxylic acids is 2. The van der Waals surface area contributed by atoms with Gasteiger partial charge in [-0.05, 0) is 23.8 Å². The summed E-state index contributed by atoms with van der Waals surface area (Å²) in [4.78, 5) is 31.9. The number of amides is 1. The Morgan fingerprint density at radius 1 is 0.968 bits per heavy atom. The van der Waals surface area contributed by atoms with Crippen LogP contribution in [0.15, 0.2) is 84.4 Å². The van der Waals surface area contributed by atoms with Gasteiger partial charge in [0.05, 0.1) is 21.8 Å². The quantitative estimate of drug-likeness (QED) is 0.280. The van der Waals surface area contributed by atoms with Crippen molar-refractivity contribution in [2.24, 2.45) is 0 Å². The number of hydrogen-bond donors (Lipinski definition) is 1. The van der Waals surface area contributed by atoms with Crippen LogP contribution in [0.4, 0.5) is 9.52 Å². The first kappa shape index (κ1) is 19.1. The van der Waals surface area contributed by atoms with E-state index in [-0.39, 0.29) is 16.5 Å². The average Bonchev–Trinajstić information content (AvgIpc) is 3.32. The molecule has 0 radical (unpaired) electrons. The molecule has 1 aliphatic heterocycles. The van der Waals surface area contributed by atoms with E-state index >= 15 is 0 Å². The molecule has 0 aliphatic carbocycles. The predicted octanol–water partition coefficient (Wildman–Crippen LogP) is 5.06. The van der Waals surface area contributed by atoms with Crippen LogP contribution in [0.5, 0.6) is 0 Å². The third kappa shape index (κ3) is 3.19. The molecule has 1 aromatic heterocycles. The molecule has 2 heterocycles. The lowest BCUT2D eigenvalue weighted by molar-refractivity contribution is -0.132. The summed E-state index contributed by atoms with van der Waals surface area (Å²) in [6, 6.07) is 20.9. The van der Waals surface area contributed by atoms with Gasteiger partial charge in [0, 0.05) is 5.56 Å². The maximum Gasteiger partial charge on any atom is 0.301 e. The van der Waals surface area contributed by atoms with Crippen molar-refractivity contribution in [3.05, 3.63) is 101 Å². The van der Waals surface area contributed by atoms with Gasteiger partial charge in [-0.2, -0.15) is 0 Å². The second kappa shape index (κ2) is 7.45. The molecule has 0 spiro atoms. The Kier molecular flexibility index (Phi) is 4.60. The predicted molar refractivity (Wildman–Crippen MR) is 117 cm³/mol. The minimum atomic E-state index is -0.855. The Morgan fingerprint density at radius 3 is 2.35 bits per heavy atom. The smallest absolute Gasteiger partial charge is 0.301 e. The number of anilines is 1. The van der Waals surface area contributed by atoms with Crippen LogP contribution < -0.4 is 4.90 Å². The molecule has 1 N–H and O–H groups in total. The molecule has 0 saturated carbocycles. The van der Waals surface area contributed by atoms with E-state index in [1.54, 1.807) is 54.6 Å². The minimum absolute atomic E-state index is 0.00663. The average molecular weight is 430 g/mol. The van der Waals surface area contributed by atoms with E-state index in [9.17, 15) is 19.1 Å². The first-order valence-corrected chi connectivity index (χ1v) is 10.3. The van der Waals surface area contributed by atoms with E-state index in [0.717, 1.165) is 11.3 Å². The maximum absolute atomic E-state index is 13.7. The van der Waals surface area contributed by atoms with Crippen molar-refractivity contribution in [2.75, 3.05) is 4.90 Å². The number of carbonyl (C=O) groups is 2. The molecule has 3 aromatic carbocycles. The Balaban J connectivity index is 1.73. The second-order valence-electron chi connectivity index (χ2n) is 7.05. The van der Waals surface area contributed by atoms with Crippen molar-refractivity contribution < 1.29 is 19.1 Å². The van der Waals surface area contributed by atoms with E-state index in [2.05, 4.69) is 4.98 Å². The van der Waals surface area contributed by atoms with Crippen molar-refractivity contribution in [3.63, 3.8) is 0 Å². The van der Waals surface area contributed by atoms with Crippen LogP contribution in [-0.2, 0) is 9.59 Å². The van der Waals surface area contributed by atoms with Crippen molar-refractivity contribution in [3.8, 4) is 0 Å². The molecular formula is C24H15FN2O3S. The zero-order valence-electron chi connectivity index (χ0n) is 16.0. The number of thiazole rings is 1. The number of halogens is 1. The molecular weight excluding hydrogens is 415 g/mol. The number of Topliss-reactive ketones (excluding diaryl/α,β-unsaturated/α-hetero) is 1. The second-order valence-corrected chi connectivity index (χ2v) is 8.06. The fraction of sp³-hybridized carbons (Fsp3) is 0.0417. The zero-order valence-corrected chi connectivity index (χ0v) is 16.8. The lowest BCUT2D eigenvalue weighted by Gasteiger charge is -2.22. The molecule has 1 atom stereocenters. The van der Waals surface area contributed by atoms with Crippen LogP contribution in [0.3, 0.4) is 0 Å². The van der Waals surface area contributed by atoms with Crippen molar-refractivity contribution in [2.45, 2.75) is 6.04 Å². The van der Waals surface area contributed by atoms with E-state index in [1.165, 1.54) is 23.1 Å². The molecule has 5 nitrogen and oxygen atoms in total. The van der Waals surface area contributed by atoms with Gasteiger partial charge in [0.2, 0.25) is 0 Å². The summed E-state index contributed by atoms with van der Waals surface area (Å²) in [6.07, 6.45) is 0. The van der Waals surface area contributed by atoms with Crippen molar-refractivity contribution in [1.29, 1.82) is 0 Å². The summed E-state index contributed by atoms with van der Waals surface area (Å²) in [5, 5.41) is 11.3. The number of hydrogen-bond acceptors (Lipinski definition) is 5. The number of aromatic nitrogens is 1. The van der Waals surface area contributed by atoms with Gasteiger partial charge in [-0.3, -0.25) is 14.5 Å². The zero-order chi connectivity index (χ0) is 21.5. The summed E-state index contributed by atoms with van der Waals surface area (Å²) in [5.41, 5.74) is 1.61.